The molecule has 0 atom stereocenters. The van der Waals surface area contributed by atoms with Crippen LogP contribution in [0.2, 0.25) is 0 Å². The summed E-state index contributed by atoms with van der Waals surface area (Å²) in [5, 5.41) is 10.8. The van der Waals surface area contributed by atoms with E-state index in [2.05, 4.69) is 0 Å². The molecule has 0 amide bonds. The monoisotopic (exact) mass is 182 g/mol. The van der Waals surface area contributed by atoms with Crippen LogP contribution < -0.4 is 9.67 Å². The van der Waals surface area contributed by atoms with Gasteiger partial charge in [-0.15, -0.1) is 0 Å². The van der Waals surface area contributed by atoms with E-state index < -0.39 is 5.97 Å². The second kappa shape index (κ2) is 3.20. The molecule has 4 nitrogen and oxygen atoms in total. The summed E-state index contributed by atoms with van der Waals surface area (Å²) < 4.78 is 3.55. The summed E-state index contributed by atoms with van der Waals surface area (Å²) in [6, 6.07) is 0. The third kappa shape index (κ3) is 1.32. The Labute approximate surface area is 77.4 Å². The van der Waals surface area contributed by atoms with Gasteiger partial charge in [0.2, 0.25) is 0 Å². The minimum Gasteiger partial charge on any atom is -0.541 e. The van der Waals surface area contributed by atoms with Gasteiger partial charge in [-0.05, 0) is 0 Å². The molecule has 4 heteroatoms. The van der Waals surface area contributed by atoms with E-state index in [0.717, 1.165) is 17.9 Å². The summed E-state index contributed by atoms with van der Waals surface area (Å²) in [7, 11) is 3.61. The minimum atomic E-state index is -1.12. The van der Waals surface area contributed by atoms with E-state index in [1.54, 1.807) is 18.5 Å². The van der Waals surface area contributed by atoms with Crippen molar-refractivity contribution >= 4 is 5.97 Å². The van der Waals surface area contributed by atoms with E-state index in [1.807, 2.05) is 18.5 Å². The molecule has 1 aromatic heterocycles. The fourth-order valence-corrected chi connectivity index (χ4v) is 1.71. The highest BCUT2D eigenvalue weighted by Gasteiger charge is 2.22. The number of carboxylic acid groups (broad SMARTS) is 1. The van der Waals surface area contributed by atoms with Crippen LogP contribution in [0.25, 0.3) is 0 Å². The van der Waals surface area contributed by atoms with Gasteiger partial charge in [-0.25, -0.2) is 9.13 Å². The van der Waals surface area contributed by atoms with Crippen molar-refractivity contribution in [2.75, 3.05) is 0 Å². The maximum Gasteiger partial charge on any atom is 0.256 e. The maximum absolute atomic E-state index is 10.8. The summed E-state index contributed by atoms with van der Waals surface area (Å²) >= 11 is 0. The molecule has 0 aliphatic heterocycles. The van der Waals surface area contributed by atoms with Gasteiger partial charge in [-0.1, -0.05) is 6.92 Å². The average molecular weight is 182 g/mol. The van der Waals surface area contributed by atoms with Crippen molar-refractivity contribution in [1.82, 2.24) is 4.57 Å². The Balaban J connectivity index is 3.45. The smallest absolute Gasteiger partial charge is 0.256 e. The number of aromatic nitrogens is 2. The number of carbonyl (C=O) groups is 1. The summed E-state index contributed by atoms with van der Waals surface area (Å²) in [5.41, 5.74) is 0.999. The fraction of sp³-hybridized carbons (Fsp3) is 0.556. The van der Waals surface area contributed by atoms with Gasteiger partial charge < -0.3 is 9.90 Å². The minimum absolute atomic E-state index is 0.263. The fourth-order valence-electron chi connectivity index (χ4n) is 1.71. The lowest BCUT2D eigenvalue weighted by Crippen LogP contribution is -2.42. The standard InChI is InChI=1S/C9H14N2O2/c1-5-7-10(3)6(2)8(9(12)13)11(7)4/h5H2,1-4H3. The van der Waals surface area contributed by atoms with Crippen LogP contribution in [0.15, 0.2) is 0 Å². The molecular formula is C9H14N2O2. The molecule has 13 heavy (non-hydrogen) atoms. The van der Waals surface area contributed by atoms with Gasteiger partial charge in [0.25, 0.3) is 5.82 Å². The van der Waals surface area contributed by atoms with Gasteiger partial charge in [-0.3, -0.25) is 0 Å². The molecule has 0 aromatic carbocycles. The second-order valence-electron chi connectivity index (χ2n) is 3.11. The molecule has 1 heterocycles. The molecule has 0 saturated carbocycles. The quantitative estimate of drug-likeness (QED) is 0.556. The molecule has 0 radical (unpaired) electrons. The van der Waals surface area contributed by atoms with Gasteiger partial charge in [-0.2, -0.15) is 0 Å². The Morgan fingerprint density at radius 1 is 1.62 bits per heavy atom. The van der Waals surface area contributed by atoms with Crippen LogP contribution in [-0.2, 0) is 20.5 Å². The van der Waals surface area contributed by atoms with E-state index in [1.165, 1.54) is 0 Å². The van der Waals surface area contributed by atoms with Gasteiger partial charge in [0, 0.05) is 13.3 Å². The highest BCUT2D eigenvalue weighted by atomic mass is 16.4. The number of nitrogens with zero attached hydrogens (tertiary/aromatic N) is 2. The van der Waals surface area contributed by atoms with Crippen LogP contribution in [0.4, 0.5) is 0 Å². The van der Waals surface area contributed by atoms with Crippen LogP contribution in [0.5, 0.6) is 0 Å². The predicted octanol–water partition coefficient (Wildman–Crippen LogP) is -0.916. The molecule has 0 fully saturated rings. The van der Waals surface area contributed by atoms with Crippen LogP contribution in [0.3, 0.4) is 0 Å². The first-order valence-corrected chi connectivity index (χ1v) is 4.26. The van der Waals surface area contributed by atoms with Crippen molar-refractivity contribution in [1.29, 1.82) is 0 Å². The Morgan fingerprint density at radius 2 is 2.15 bits per heavy atom. The highest BCUT2D eigenvalue weighted by Crippen LogP contribution is 2.05. The largest absolute Gasteiger partial charge is 0.541 e. The molecule has 1 rings (SSSR count). The summed E-state index contributed by atoms with van der Waals surface area (Å²) in [4.78, 5) is 10.8. The Bertz CT molecular complexity index is 353. The lowest BCUT2D eigenvalue weighted by Gasteiger charge is -1.97. The first kappa shape index (κ1) is 9.77. The topological polar surface area (TPSA) is 48.9 Å². The third-order valence-corrected chi connectivity index (χ3v) is 2.47. The molecule has 0 spiro atoms. The number of carboxylic acids is 1. The first-order valence-electron chi connectivity index (χ1n) is 4.26. The van der Waals surface area contributed by atoms with E-state index >= 15 is 0 Å². The lowest BCUT2D eigenvalue weighted by atomic mass is 10.3. The predicted molar refractivity (Wildman–Crippen MR) is 45.0 cm³/mol. The van der Waals surface area contributed by atoms with Crippen LogP contribution in [0.1, 0.15) is 28.9 Å². The molecule has 0 bridgehead atoms. The molecular weight excluding hydrogens is 168 g/mol. The molecule has 0 saturated heterocycles. The number of rotatable bonds is 2. The van der Waals surface area contributed by atoms with Gasteiger partial charge in [0.05, 0.1) is 14.1 Å². The SMILES string of the molecule is CCc1n(C)c(C)c(C(=O)[O-])[n+]1C. The van der Waals surface area contributed by atoms with Gasteiger partial charge >= 0.3 is 0 Å². The zero-order valence-electron chi connectivity index (χ0n) is 8.42. The van der Waals surface area contributed by atoms with Crippen molar-refractivity contribution in [3.8, 4) is 0 Å². The molecule has 0 unspecified atom stereocenters. The van der Waals surface area contributed by atoms with E-state index in [4.69, 9.17) is 0 Å². The van der Waals surface area contributed by atoms with Crippen molar-refractivity contribution in [3.05, 3.63) is 17.2 Å². The van der Waals surface area contributed by atoms with Crippen molar-refractivity contribution < 1.29 is 14.5 Å². The first-order chi connectivity index (χ1) is 6.00. The molecule has 0 aliphatic rings. The number of hydrogen-bond acceptors (Lipinski definition) is 2. The van der Waals surface area contributed by atoms with Crippen LogP contribution >= 0.6 is 0 Å². The van der Waals surface area contributed by atoms with Crippen molar-refractivity contribution in [2.45, 2.75) is 20.3 Å². The number of aromatic carboxylic acids is 1. The van der Waals surface area contributed by atoms with Crippen molar-refractivity contribution in [2.24, 2.45) is 14.1 Å². The molecule has 0 N–H and O–H groups in total. The highest BCUT2D eigenvalue weighted by molar-refractivity contribution is 5.83. The van der Waals surface area contributed by atoms with Gasteiger partial charge in [0.1, 0.15) is 11.7 Å². The Morgan fingerprint density at radius 3 is 2.38 bits per heavy atom. The van der Waals surface area contributed by atoms with E-state index in [-0.39, 0.29) is 5.69 Å². The number of carbonyl (C=O) groups excluding carboxylic acids is 1. The van der Waals surface area contributed by atoms with Gasteiger partial charge in [0.15, 0.2) is 5.69 Å². The molecule has 0 aliphatic carbocycles. The lowest BCUT2D eigenvalue weighted by molar-refractivity contribution is -0.683. The normalized spacial score (nSPS) is 10.5. The maximum atomic E-state index is 10.8. The molecule has 72 valence electrons. The third-order valence-electron chi connectivity index (χ3n) is 2.47. The van der Waals surface area contributed by atoms with Crippen LogP contribution in [0, 0.1) is 6.92 Å². The van der Waals surface area contributed by atoms with E-state index in [0.29, 0.717) is 0 Å². The molecule has 1 aromatic rings. The summed E-state index contributed by atoms with van der Waals surface area (Å²) in [5.74, 6) is -0.132. The number of hydrogen-bond donors (Lipinski definition) is 0. The second-order valence-corrected chi connectivity index (χ2v) is 3.11. The van der Waals surface area contributed by atoms with Crippen molar-refractivity contribution in [3.63, 3.8) is 0 Å². The zero-order chi connectivity index (χ0) is 10.2. The van der Waals surface area contributed by atoms with Crippen LogP contribution in [-0.4, -0.2) is 10.5 Å². The average Bonchev–Trinajstić information content (AvgIpc) is 2.24. The Kier molecular flexibility index (Phi) is 2.40. The van der Waals surface area contributed by atoms with E-state index in [9.17, 15) is 9.90 Å². The zero-order valence-corrected chi connectivity index (χ0v) is 8.42. The summed E-state index contributed by atoms with van der Waals surface area (Å²) in [6.07, 6.45) is 0.807. The Hall–Kier alpha value is -1.32. The summed E-state index contributed by atoms with van der Waals surface area (Å²) in [6.45, 7) is 3.78. The number of imidazole rings is 1.